The third kappa shape index (κ3) is 6.67. The van der Waals surface area contributed by atoms with Gasteiger partial charge in [-0.2, -0.15) is 4.99 Å². The van der Waals surface area contributed by atoms with Gasteiger partial charge in [-0.1, -0.05) is 39.0 Å². The largest absolute Gasteiger partial charge is 0.481 e. The fourth-order valence-corrected chi connectivity index (χ4v) is 5.32. The molecule has 1 saturated carbocycles. The second kappa shape index (κ2) is 11.3. The van der Waals surface area contributed by atoms with Crippen molar-refractivity contribution in [3.05, 3.63) is 65.5 Å². The highest BCUT2D eigenvalue weighted by atomic mass is 19.1. The van der Waals surface area contributed by atoms with Crippen molar-refractivity contribution < 1.29 is 23.8 Å². The Bertz CT molecular complexity index is 1130. The van der Waals surface area contributed by atoms with E-state index in [2.05, 4.69) is 36.0 Å². The lowest BCUT2D eigenvalue weighted by molar-refractivity contribution is -0.136. The van der Waals surface area contributed by atoms with Gasteiger partial charge in [-0.05, 0) is 72.9 Å². The molecule has 1 unspecified atom stereocenters. The highest BCUT2D eigenvalue weighted by Crippen LogP contribution is 2.42. The van der Waals surface area contributed by atoms with Gasteiger partial charge < -0.3 is 20.1 Å². The number of aliphatic imine (C=N–C) groups is 1. The predicted octanol–water partition coefficient (Wildman–Crippen LogP) is 5.70. The number of aliphatic carboxylic acids is 1. The van der Waals surface area contributed by atoms with E-state index < -0.39 is 5.97 Å². The predicted molar refractivity (Wildman–Crippen MR) is 140 cm³/mol. The van der Waals surface area contributed by atoms with Crippen LogP contribution in [0.3, 0.4) is 0 Å². The highest BCUT2D eigenvalue weighted by molar-refractivity contribution is 5.94. The molecule has 1 saturated heterocycles. The van der Waals surface area contributed by atoms with Crippen LogP contribution in [0, 0.1) is 17.2 Å². The minimum absolute atomic E-state index is 0.0763. The first kappa shape index (κ1) is 26.6. The molecule has 2 aromatic rings. The van der Waals surface area contributed by atoms with Gasteiger partial charge in [0.15, 0.2) is 0 Å². The number of nitrogens with zero attached hydrogens (tertiary/aromatic N) is 2. The molecular weight excluding hydrogens is 473 g/mol. The highest BCUT2D eigenvalue weighted by Gasteiger charge is 2.40. The van der Waals surface area contributed by atoms with Crippen LogP contribution in [-0.2, 0) is 9.53 Å². The van der Waals surface area contributed by atoms with Gasteiger partial charge in [-0.3, -0.25) is 9.59 Å². The fraction of sp³-hybridized carbons (Fsp3) is 0.483. The normalized spacial score (nSPS) is 23.1. The summed E-state index contributed by atoms with van der Waals surface area (Å²) in [6.45, 7) is 7.40. The van der Waals surface area contributed by atoms with Crippen molar-refractivity contribution in [2.45, 2.75) is 65.0 Å². The summed E-state index contributed by atoms with van der Waals surface area (Å²) in [4.78, 5) is 30.0. The minimum Gasteiger partial charge on any atom is -0.481 e. The molecule has 2 fully saturated rings. The fourth-order valence-electron chi connectivity index (χ4n) is 5.32. The number of nitrogens with one attached hydrogen (secondary N) is 1. The van der Waals surface area contributed by atoms with Crippen LogP contribution in [0.1, 0.15) is 74.8 Å². The summed E-state index contributed by atoms with van der Waals surface area (Å²) < 4.78 is 19.9. The number of rotatable bonds is 7. The smallest absolute Gasteiger partial charge is 0.305 e. The summed E-state index contributed by atoms with van der Waals surface area (Å²) in [7, 11) is 0. The quantitative estimate of drug-likeness (QED) is 0.500. The van der Waals surface area contributed by atoms with Crippen molar-refractivity contribution in [1.82, 2.24) is 10.2 Å². The summed E-state index contributed by atoms with van der Waals surface area (Å²) >= 11 is 0. The van der Waals surface area contributed by atoms with E-state index in [1.54, 1.807) is 24.3 Å². The van der Waals surface area contributed by atoms with Crippen LogP contribution >= 0.6 is 0 Å². The Labute approximate surface area is 217 Å². The number of halogens is 1. The van der Waals surface area contributed by atoms with Crippen molar-refractivity contribution in [2.75, 3.05) is 13.2 Å². The molecule has 1 aliphatic heterocycles. The molecule has 2 aliphatic rings. The number of hydrogen-bond donors (Lipinski definition) is 2. The number of benzene rings is 2. The van der Waals surface area contributed by atoms with E-state index in [4.69, 9.17) is 9.84 Å². The Kier molecular flexibility index (Phi) is 8.15. The first-order chi connectivity index (χ1) is 17.6. The third-order valence-corrected chi connectivity index (χ3v) is 7.46. The van der Waals surface area contributed by atoms with Crippen molar-refractivity contribution in [3.8, 4) is 0 Å². The SMILES string of the molecule is CC(C)(C)C1CCC(N2/C(=N/c3cccc(F)c3)OCC2c2ccc(C(=O)NCCC(=O)O)cc2)CC1. The summed E-state index contributed by atoms with van der Waals surface area (Å²) in [6, 6.07) is 14.2. The van der Waals surface area contributed by atoms with Gasteiger partial charge in [0.25, 0.3) is 11.9 Å². The Morgan fingerprint density at radius 3 is 2.43 bits per heavy atom. The van der Waals surface area contributed by atoms with Crippen molar-refractivity contribution in [3.63, 3.8) is 0 Å². The van der Waals surface area contributed by atoms with Gasteiger partial charge in [0.1, 0.15) is 12.4 Å². The summed E-state index contributed by atoms with van der Waals surface area (Å²) in [5.74, 6) is -0.940. The van der Waals surface area contributed by atoms with Crippen LogP contribution in [0.4, 0.5) is 10.1 Å². The number of carbonyl (C=O) groups excluding carboxylic acids is 1. The molecule has 198 valence electrons. The molecular formula is C29H36FN3O4. The van der Waals surface area contributed by atoms with Gasteiger partial charge in [0.2, 0.25) is 0 Å². The second-order valence-corrected chi connectivity index (χ2v) is 11.0. The Morgan fingerprint density at radius 1 is 1.11 bits per heavy atom. The van der Waals surface area contributed by atoms with E-state index in [0.717, 1.165) is 31.2 Å². The maximum atomic E-state index is 13.8. The van der Waals surface area contributed by atoms with E-state index in [0.29, 0.717) is 29.8 Å². The molecule has 0 aromatic heterocycles. The van der Waals surface area contributed by atoms with Gasteiger partial charge in [0, 0.05) is 18.2 Å². The molecule has 2 aromatic carbocycles. The van der Waals surface area contributed by atoms with Crippen molar-refractivity contribution in [2.24, 2.45) is 16.3 Å². The molecule has 0 spiro atoms. The van der Waals surface area contributed by atoms with E-state index in [1.165, 1.54) is 12.1 Å². The molecule has 2 N–H and O–H groups in total. The van der Waals surface area contributed by atoms with E-state index >= 15 is 0 Å². The Morgan fingerprint density at radius 2 is 1.81 bits per heavy atom. The number of carbonyl (C=O) groups is 2. The number of carboxylic acids is 1. The number of hydrogen-bond acceptors (Lipinski definition) is 4. The van der Waals surface area contributed by atoms with Gasteiger partial charge in [-0.25, -0.2) is 4.39 Å². The zero-order valence-corrected chi connectivity index (χ0v) is 21.7. The van der Waals surface area contributed by atoms with Crippen LogP contribution in [-0.4, -0.2) is 47.1 Å². The number of ether oxygens (including phenoxy) is 1. The number of amidine groups is 1. The van der Waals surface area contributed by atoms with E-state index in [1.807, 2.05) is 12.1 Å². The van der Waals surface area contributed by atoms with Crippen LogP contribution in [0.5, 0.6) is 0 Å². The van der Waals surface area contributed by atoms with Gasteiger partial charge in [-0.15, -0.1) is 0 Å². The standard InChI is InChI=1S/C29H36FN3O4/c1-29(2,3)21-11-13-24(14-12-21)33-25(18-37-28(33)32-23-6-4-5-22(30)17-23)19-7-9-20(10-8-19)27(36)31-16-15-26(34)35/h4-10,17,21,24-25H,11-16,18H2,1-3H3,(H,31,36)(H,34,35)/b32-28-. The van der Waals surface area contributed by atoms with Crippen LogP contribution in [0.15, 0.2) is 53.5 Å². The molecule has 0 radical (unpaired) electrons. The topological polar surface area (TPSA) is 91.2 Å². The molecule has 1 atom stereocenters. The van der Waals surface area contributed by atoms with Gasteiger partial charge >= 0.3 is 5.97 Å². The summed E-state index contributed by atoms with van der Waals surface area (Å²) in [5.41, 5.74) is 2.26. The van der Waals surface area contributed by atoms with Crippen LogP contribution < -0.4 is 5.32 Å². The zero-order valence-electron chi connectivity index (χ0n) is 21.7. The number of amides is 1. The lowest BCUT2D eigenvalue weighted by atomic mass is 9.71. The molecule has 0 bridgehead atoms. The average molecular weight is 510 g/mol. The van der Waals surface area contributed by atoms with Crippen LogP contribution in [0.25, 0.3) is 0 Å². The van der Waals surface area contributed by atoms with E-state index in [9.17, 15) is 14.0 Å². The lowest BCUT2D eigenvalue weighted by Crippen LogP contribution is -2.42. The minimum atomic E-state index is -0.954. The average Bonchev–Trinajstić information content (AvgIpc) is 3.26. The molecule has 7 nitrogen and oxygen atoms in total. The number of carboxylic acid groups (broad SMARTS) is 1. The summed E-state index contributed by atoms with van der Waals surface area (Å²) in [5, 5.41) is 11.4. The molecule has 1 amide bonds. The first-order valence-electron chi connectivity index (χ1n) is 13.0. The maximum absolute atomic E-state index is 13.8. The van der Waals surface area contributed by atoms with Gasteiger partial charge in [0.05, 0.1) is 18.2 Å². The monoisotopic (exact) mass is 509 g/mol. The Balaban J connectivity index is 1.55. The first-order valence-corrected chi connectivity index (χ1v) is 13.0. The second-order valence-electron chi connectivity index (χ2n) is 11.0. The molecule has 1 heterocycles. The van der Waals surface area contributed by atoms with Crippen molar-refractivity contribution in [1.29, 1.82) is 0 Å². The lowest BCUT2D eigenvalue weighted by Gasteiger charge is -2.41. The summed E-state index contributed by atoms with van der Waals surface area (Å²) in [6.07, 6.45) is 4.17. The zero-order chi connectivity index (χ0) is 26.6. The molecule has 1 aliphatic carbocycles. The van der Waals surface area contributed by atoms with Crippen LogP contribution in [0.2, 0.25) is 0 Å². The molecule has 37 heavy (non-hydrogen) atoms. The molecule has 4 rings (SSSR count). The third-order valence-electron chi connectivity index (χ3n) is 7.46. The maximum Gasteiger partial charge on any atom is 0.305 e. The van der Waals surface area contributed by atoms with Crippen molar-refractivity contribution >= 4 is 23.6 Å². The molecule has 8 heteroatoms. The Hall–Kier alpha value is -3.42. The van der Waals surface area contributed by atoms with E-state index in [-0.39, 0.29) is 42.2 Å².